The Balaban J connectivity index is 1.50. The maximum absolute atomic E-state index is 9.60. The number of oxime groups is 1. The molecular weight excluding hydrogens is 244 g/mol. The smallest absolute Gasteiger partial charge is 0.229 e. The topological polar surface area (TPSA) is 54.3 Å². The number of likely N-dealkylation sites (tertiary alicyclic amines) is 1. The van der Waals surface area contributed by atoms with Crippen molar-refractivity contribution in [1.29, 1.82) is 0 Å². The zero-order chi connectivity index (χ0) is 13.1. The predicted molar refractivity (Wildman–Crippen MR) is 71.9 cm³/mol. The van der Waals surface area contributed by atoms with Gasteiger partial charge in [0, 0.05) is 12.5 Å². The van der Waals surface area contributed by atoms with E-state index >= 15 is 0 Å². The number of piperidine rings is 1. The number of rotatable bonds is 3. The fraction of sp³-hybridized carbons (Fsp3) is 0.929. The van der Waals surface area contributed by atoms with Crippen molar-refractivity contribution in [3.8, 4) is 0 Å². The molecule has 5 nitrogen and oxygen atoms in total. The lowest BCUT2D eigenvalue weighted by Gasteiger charge is -2.32. The molecule has 0 aromatic rings. The number of aliphatic hydroxyl groups is 1. The molecule has 3 atom stereocenters. The minimum absolute atomic E-state index is 0.100. The van der Waals surface area contributed by atoms with E-state index in [1.807, 2.05) is 0 Å². The van der Waals surface area contributed by atoms with Gasteiger partial charge in [0.25, 0.3) is 0 Å². The number of hydrogen-bond acceptors (Lipinski definition) is 5. The molecule has 3 aliphatic rings. The van der Waals surface area contributed by atoms with Crippen molar-refractivity contribution >= 4 is 5.90 Å². The first kappa shape index (κ1) is 13.2. The number of ether oxygens (including phenoxy) is 1. The molecule has 0 aromatic carbocycles. The second-order valence-corrected chi connectivity index (χ2v) is 5.99. The van der Waals surface area contributed by atoms with E-state index in [9.17, 15) is 5.11 Å². The van der Waals surface area contributed by atoms with Crippen LogP contribution in [0.2, 0.25) is 0 Å². The summed E-state index contributed by atoms with van der Waals surface area (Å²) < 4.78 is 5.99. The highest BCUT2D eigenvalue weighted by atomic mass is 16.7. The minimum Gasteiger partial charge on any atom is -0.470 e. The summed E-state index contributed by atoms with van der Waals surface area (Å²) in [7, 11) is 0. The van der Waals surface area contributed by atoms with Gasteiger partial charge in [0.2, 0.25) is 5.90 Å². The van der Waals surface area contributed by atoms with E-state index in [1.54, 1.807) is 0 Å². The highest BCUT2D eigenvalue weighted by Crippen LogP contribution is 2.29. The number of aliphatic hydroxyl groups excluding tert-OH is 1. The molecule has 0 radical (unpaired) electrons. The lowest BCUT2D eigenvalue weighted by Crippen LogP contribution is -2.42. The Hall–Kier alpha value is -0.810. The lowest BCUT2D eigenvalue weighted by atomic mass is 10.1. The maximum atomic E-state index is 9.60. The molecular formula is C14H24N2O3. The van der Waals surface area contributed by atoms with E-state index in [0.717, 1.165) is 25.8 Å². The van der Waals surface area contributed by atoms with Crippen molar-refractivity contribution < 1.29 is 14.7 Å². The van der Waals surface area contributed by atoms with E-state index in [-0.39, 0.29) is 18.1 Å². The second-order valence-electron chi connectivity index (χ2n) is 5.99. The quantitative estimate of drug-likeness (QED) is 0.840. The third-order valence-corrected chi connectivity index (χ3v) is 4.37. The largest absolute Gasteiger partial charge is 0.470 e. The number of nitrogens with zero attached hydrogens (tertiary/aromatic N) is 2. The van der Waals surface area contributed by atoms with Crippen LogP contribution >= 0.6 is 0 Å². The van der Waals surface area contributed by atoms with Crippen LogP contribution in [0.1, 0.15) is 38.5 Å². The van der Waals surface area contributed by atoms with Crippen LogP contribution in [0.5, 0.6) is 0 Å². The third kappa shape index (κ3) is 3.39. The first-order valence-corrected chi connectivity index (χ1v) is 7.58. The van der Waals surface area contributed by atoms with Crippen LogP contribution in [0.3, 0.4) is 0 Å². The van der Waals surface area contributed by atoms with Crippen LogP contribution in [0.4, 0.5) is 0 Å². The summed E-state index contributed by atoms with van der Waals surface area (Å²) in [5, 5.41) is 13.7. The molecule has 108 valence electrons. The first-order chi connectivity index (χ1) is 9.31. The highest BCUT2D eigenvalue weighted by Gasteiger charge is 2.33. The summed E-state index contributed by atoms with van der Waals surface area (Å²) in [4.78, 5) is 7.80. The summed E-state index contributed by atoms with van der Waals surface area (Å²) in [6, 6.07) is 0. The Labute approximate surface area is 114 Å². The van der Waals surface area contributed by atoms with Gasteiger partial charge in [-0.05, 0) is 45.2 Å². The van der Waals surface area contributed by atoms with Crippen molar-refractivity contribution in [1.82, 2.24) is 4.90 Å². The zero-order valence-electron chi connectivity index (χ0n) is 11.5. The molecule has 2 fully saturated rings. The SMILES string of the molecule is O[C@@H]1CC[C@@H](C2=NOCC(CN3CCCCC3)O2)C1. The van der Waals surface area contributed by atoms with Crippen molar-refractivity contribution in [2.45, 2.75) is 50.7 Å². The van der Waals surface area contributed by atoms with Gasteiger partial charge in [-0.1, -0.05) is 11.6 Å². The molecule has 0 amide bonds. The van der Waals surface area contributed by atoms with Gasteiger partial charge in [0.05, 0.1) is 6.10 Å². The molecule has 2 heterocycles. The molecule has 1 saturated carbocycles. The summed E-state index contributed by atoms with van der Waals surface area (Å²) in [5.41, 5.74) is 0. The Morgan fingerprint density at radius 2 is 2.05 bits per heavy atom. The lowest BCUT2D eigenvalue weighted by molar-refractivity contribution is -0.0154. The van der Waals surface area contributed by atoms with Gasteiger partial charge in [-0.2, -0.15) is 0 Å². The zero-order valence-corrected chi connectivity index (χ0v) is 11.5. The average Bonchev–Trinajstić information content (AvgIpc) is 2.87. The monoisotopic (exact) mass is 268 g/mol. The van der Waals surface area contributed by atoms with Crippen molar-refractivity contribution in [2.24, 2.45) is 11.1 Å². The fourth-order valence-corrected chi connectivity index (χ4v) is 3.28. The van der Waals surface area contributed by atoms with E-state index in [1.165, 1.54) is 32.4 Å². The highest BCUT2D eigenvalue weighted by molar-refractivity contribution is 5.79. The maximum Gasteiger partial charge on any atom is 0.229 e. The molecule has 3 rings (SSSR count). The van der Waals surface area contributed by atoms with Crippen molar-refractivity contribution in [3.63, 3.8) is 0 Å². The van der Waals surface area contributed by atoms with Gasteiger partial charge in [0.1, 0.15) is 6.10 Å². The Morgan fingerprint density at radius 1 is 1.21 bits per heavy atom. The fourth-order valence-electron chi connectivity index (χ4n) is 3.28. The molecule has 1 saturated heterocycles. The normalized spacial score (nSPS) is 36.5. The minimum atomic E-state index is -0.196. The first-order valence-electron chi connectivity index (χ1n) is 7.58. The van der Waals surface area contributed by atoms with Crippen molar-refractivity contribution in [2.75, 3.05) is 26.2 Å². The Morgan fingerprint density at radius 3 is 2.79 bits per heavy atom. The van der Waals surface area contributed by atoms with Gasteiger partial charge in [-0.25, -0.2) is 0 Å². The van der Waals surface area contributed by atoms with E-state index in [4.69, 9.17) is 9.57 Å². The van der Waals surface area contributed by atoms with Crippen LogP contribution in [-0.2, 0) is 9.57 Å². The molecule has 19 heavy (non-hydrogen) atoms. The Kier molecular flexibility index (Phi) is 4.23. The van der Waals surface area contributed by atoms with Gasteiger partial charge >= 0.3 is 0 Å². The Bertz CT molecular complexity index is 329. The molecule has 1 unspecified atom stereocenters. The molecule has 0 bridgehead atoms. The summed E-state index contributed by atoms with van der Waals surface area (Å²) in [6.45, 7) is 3.84. The van der Waals surface area contributed by atoms with E-state index < -0.39 is 0 Å². The standard InChI is InChI=1S/C14H24N2O3/c17-12-5-4-11(8-12)14-15-18-10-13(19-14)9-16-6-2-1-3-7-16/h11-13,17H,1-10H2/t11-,12-,13?/m1/s1. The molecule has 5 heteroatoms. The van der Waals surface area contributed by atoms with Crippen molar-refractivity contribution in [3.05, 3.63) is 0 Å². The molecule has 1 aliphatic carbocycles. The van der Waals surface area contributed by atoms with E-state index in [0.29, 0.717) is 12.5 Å². The van der Waals surface area contributed by atoms with Crippen LogP contribution in [0.15, 0.2) is 5.16 Å². The second kappa shape index (κ2) is 6.09. The number of hydrogen-bond donors (Lipinski definition) is 1. The van der Waals surface area contributed by atoms with Crippen LogP contribution < -0.4 is 0 Å². The molecule has 0 aromatic heterocycles. The van der Waals surface area contributed by atoms with Gasteiger partial charge < -0.3 is 14.7 Å². The third-order valence-electron chi connectivity index (χ3n) is 4.37. The summed E-state index contributed by atoms with van der Waals surface area (Å²) >= 11 is 0. The molecule has 0 spiro atoms. The predicted octanol–water partition coefficient (Wildman–Crippen LogP) is 1.36. The van der Waals surface area contributed by atoms with Crippen LogP contribution in [0, 0.1) is 5.92 Å². The average molecular weight is 268 g/mol. The summed E-state index contributed by atoms with van der Waals surface area (Å²) in [6.07, 6.45) is 6.42. The van der Waals surface area contributed by atoms with Gasteiger partial charge in [-0.15, -0.1) is 0 Å². The van der Waals surface area contributed by atoms with Gasteiger partial charge in [-0.3, -0.25) is 4.90 Å². The van der Waals surface area contributed by atoms with Crippen LogP contribution in [0.25, 0.3) is 0 Å². The summed E-state index contributed by atoms with van der Waals surface area (Å²) in [5.74, 6) is 0.962. The van der Waals surface area contributed by atoms with Crippen LogP contribution in [-0.4, -0.2) is 54.4 Å². The van der Waals surface area contributed by atoms with E-state index in [2.05, 4.69) is 10.1 Å². The van der Waals surface area contributed by atoms with Gasteiger partial charge in [0.15, 0.2) is 6.61 Å². The molecule has 2 aliphatic heterocycles. The molecule has 1 N–H and O–H groups in total.